The molecule has 1 fully saturated rings. The van der Waals surface area contributed by atoms with E-state index >= 15 is 0 Å². The summed E-state index contributed by atoms with van der Waals surface area (Å²) in [7, 11) is 0. The molecule has 1 atom stereocenters. The summed E-state index contributed by atoms with van der Waals surface area (Å²) in [5.41, 5.74) is 2.54. The fourth-order valence-corrected chi connectivity index (χ4v) is 3.29. The number of nitrogens with zero attached hydrogens (tertiary/aromatic N) is 1. The summed E-state index contributed by atoms with van der Waals surface area (Å²) in [4.78, 5) is 16.8. The summed E-state index contributed by atoms with van der Waals surface area (Å²) in [5, 5.41) is 12.8. The van der Waals surface area contributed by atoms with Crippen molar-refractivity contribution in [1.82, 2.24) is 10.3 Å². The second-order valence-corrected chi connectivity index (χ2v) is 5.66. The Morgan fingerprint density at radius 2 is 2.33 bits per heavy atom. The van der Waals surface area contributed by atoms with Gasteiger partial charge in [0.2, 0.25) is 0 Å². The molecule has 1 aromatic rings. The number of carbonyl (C=O) groups is 1. The molecular formula is C13H20N2O2S. The maximum atomic E-state index is 12.0. The van der Waals surface area contributed by atoms with E-state index in [2.05, 4.69) is 10.3 Å². The number of aliphatic hydroxyl groups is 1. The lowest BCUT2D eigenvalue weighted by Crippen LogP contribution is -2.35. The molecule has 0 saturated heterocycles. The van der Waals surface area contributed by atoms with Crippen LogP contribution in [0.5, 0.6) is 0 Å². The van der Waals surface area contributed by atoms with Gasteiger partial charge in [0.25, 0.3) is 5.91 Å². The van der Waals surface area contributed by atoms with Crippen LogP contribution in [0.25, 0.3) is 0 Å². The van der Waals surface area contributed by atoms with Crippen LogP contribution in [0.3, 0.4) is 0 Å². The van der Waals surface area contributed by atoms with E-state index in [9.17, 15) is 9.90 Å². The average Bonchev–Trinajstić information content (AvgIpc) is 3.04. The van der Waals surface area contributed by atoms with Crippen LogP contribution >= 0.6 is 11.3 Å². The zero-order chi connectivity index (χ0) is 13.0. The Morgan fingerprint density at radius 1 is 1.61 bits per heavy atom. The van der Waals surface area contributed by atoms with E-state index in [1.807, 2.05) is 6.92 Å². The van der Waals surface area contributed by atoms with E-state index in [4.69, 9.17) is 0 Å². The Morgan fingerprint density at radius 3 is 3.00 bits per heavy atom. The van der Waals surface area contributed by atoms with Crippen molar-refractivity contribution in [3.05, 3.63) is 16.1 Å². The van der Waals surface area contributed by atoms with Crippen LogP contribution in [-0.4, -0.2) is 28.6 Å². The molecule has 1 heterocycles. The first kappa shape index (κ1) is 13.5. The van der Waals surface area contributed by atoms with Gasteiger partial charge in [-0.3, -0.25) is 4.79 Å². The standard InChI is InChI=1S/C13H20N2O2S/c1-2-10-12(18-8-15-10)13(17)14-7-11(16)9-5-3-4-6-9/h8-9,11,16H,2-7H2,1H3,(H,14,17). The number of hydrogen-bond acceptors (Lipinski definition) is 4. The molecule has 0 aliphatic heterocycles. The van der Waals surface area contributed by atoms with Crippen LogP contribution in [0.1, 0.15) is 48.0 Å². The molecule has 0 bridgehead atoms. The molecule has 0 radical (unpaired) electrons. The highest BCUT2D eigenvalue weighted by atomic mass is 32.1. The molecule has 0 aromatic carbocycles. The number of thiazole rings is 1. The van der Waals surface area contributed by atoms with Crippen molar-refractivity contribution in [1.29, 1.82) is 0 Å². The van der Waals surface area contributed by atoms with Crippen LogP contribution in [0.2, 0.25) is 0 Å². The van der Waals surface area contributed by atoms with E-state index in [-0.39, 0.29) is 5.91 Å². The Bertz CT molecular complexity index is 399. The fraction of sp³-hybridized carbons (Fsp3) is 0.692. The zero-order valence-electron chi connectivity index (χ0n) is 10.7. The quantitative estimate of drug-likeness (QED) is 0.858. The SMILES string of the molecule is CCc1ncsc1C(=O)NCC(O)C1CCCC1. The molecule has 5 heteroatoms. The first-order chi connectivity index (χ1) is 8.72. The molecule has 1 aliphatic carbocycles. The van der Waals surface area contributed by atoms with Crippen molar-refractivity contribution in [2.75, 3.05) is 6.54 Å². The van der Waals surface area contributed by atoms with Crippen molar-refractivity contribution in [2.45, 2.75) is 45.1 Å². The van der Waals surface area contributed by atoms with Gasteiger partial charge in [-0.1, -0.05) is 19.8 Å². The van der Waals surface area contributed by atoms with Gasteiger partial charge in [-0.2, -0.15) is 0 Å². The maximum absolute atomic E-state index is 12.0. The highest BCUT2D eigenvalue weighted by molar-refractivity contribution is 7.11. The van der Waals surface area contributed by atoms with E-state index in [1.54, 1.807) is 5.51 Å². The summed E-state index contributed by atoms with van der Waals surface area (Å²) in [6.45, 7) is 2.34. The largest absolute Gasteiger partial charge is 0.391 e. The van der Waals surface area contributed by atoms with Gasteiger partial charge in [0.1, 0.15) is 4.88 Å². The normalized spacial score (nSPS) is 17.9. The lowest BCUT2D eigenvalue weighted by molar-refractivity contribution is 0.0843. The first-order valence-electron chi connectivity index (χ1n) is 6.61. The topological polar surface area (TPSA) is 62.2 Å². The van der Waals surface area contributed by atoms with Crippen LogP contribution in [0.15, 0.2) is 5.51 Å². The van der Waals surface area contributed by atoms with Crippen molar-refractivity contribution in [3.8, 4) is 0 Å². The molecule has 18 heavy (non-hydrogen) atoms. The lowest BCUT2D eigenvalue weighted by atomic mass is 10.0. The molecule has 100 valence electrons. The first-order valence-corrected chi connectivity index (χ1v) is 7.49. The molecule has 1 unspecified atom stereocenters. The third-order valence-corrected chi connectivity index (χ3v) is 4.47. The highest BCUT2D eigenvalue weighted by Crippen LogP contribution is 2.27. The Labute approximate surface area is 111 Å². The van der Waals surface area contributed by atoms with Gasteiger partial charge >= 0.3 is 0 Å². The number of carbonyl (C=O) groups excluding carboxylic acids is 1. The van der Waals surface area contributed by atoms with E-state index in [0.29, 0.717) is 17.3 Å². The number of hydrogen-bond donors (Lipinski definition) is 2. The molecule has 1 aliphatic rings. The number of nitrogens with one attached hydrogen (secondary N) is 1. The van der Waals surface area contributed by atoms with Gasteiger partial charge in [-0.25, -0.2) is 4.98 Å². The van der Waals surface area contributed by atoms with Gasteiger partial charge in [0.15, 0.2) is 0 Å². The Balaban J connectivity index is 1.84. The molecule has 1 aromatic heterocycles. The second-order valence-electron chi connectivity index (χ2n) is 4.80. The number of amides is 1. The van der Waals surface area contributed by atoms with Crippen molar-refractivity contribution < 1.29 is 9.90 Å². The number of aromatic nitrogens is 1. The minimum Gasteiger partial charge on any atom is -0.391 e. The number of aryl methyl sites for hydroxylation is 1. The number of aliphatic hydroxyl groups excluding tert-OH is 1. The van der Waals surface area contributed by atoms with E-state index in [0.717, 1.165) is 25.0 Å². The van der Waals surface area contributed by atoms with Crippen molar-refractivity contribution in [3.63, 3.8) is 0 Å². The average molecular weight is 268 g/mol. The van der Waals surface area contributed by atoms with Gasteiger partial charge in [0, 0.05) is 6.54 Å². The Kier molecular flexibility index (Phi) is 4.72. The Hall–Kier alpha value is -0.940. The molecule has 2 rings (SSSR count). The van der Waals surface area contributed by atoms with Crippen molar-refractivity contribution >= 4 is 17.2 Å². The molecule has 2 N–H and O–H groups in total. The second kappa shape index (κ2) is 6.29. The van der Waals surface area contributed by atoms with Gasteiger partial charge in [0.05, 0.1) is 17.3 Å². The predicted octanol–water partition coefficient (Wildman–Crippen LogP) is 1.99. The van der Waals surface area contributed by atoms with Crippen molar-refractivity contribution in [2.24, 2.45) is 5.92 Å². The number of rotatable bonds is 5. The minimum atomic E-state index is -0.408. The summed E-state index contributed by atoms with van der Waals surface area (Å²) in [6.07, 6.45) is 4.91. The monoisotopic (exact) mass is 268 g/mol. The smallest absolute Gasteiger partial charge is 0.263 e. The third kappa shape index (κ3) is 3.09. The summed E-state index contributed by atoms with van der Waals surface area (Å²) in [6, 6.07) is 0. The molecule has 0 spiro atoms. The lowest BCUT2D eigenvalue weighted by Gasteiger charge is -2.17. The molecule has 1 saturated carbocycles. The van der Waals surface area contributed by atoms with Gasteiger partial charge in [-0.05, 0) is 25.2 Å². The molecule has 1 amide bonds. The van der Waals surface area contributed by atoms with E-state index < -0.39 is 6.10 Å². The summed E-state index contributed by atoms with van der Waals surface area (Å²) >= 11 is 1.36. The van der Waals surface area contributed by atoms with Crippen LogP contribution in [0, 0.1) is 5.92 Å². The van der Waals surface area contributed by atoms with Crippen LogP contribution < -0.4 is 5.32 Å². The van der Waals surface area contributed by atoms with Crippen LogP contribution in [-0.2, 0) is 6.42 Å². The van der Waals surface area contributed by atoms with Gasteiger partial charge in [-0.15, -0.1) is 11.3 Å². The molecular weight excluding hydrogens is 248 g/mol. The summed E-state index contributed by atoms with van der Waals surface area (Å²) in [5.74, 6) is 0.254. The van der Waals surface area contributed by atoms with Gasteiger partial charge < -0.3 is 10.4 Å². The molecule has 4 nitrogen and oxygen atoms in total. The maximum Gasteiger partial charge on any atom is 0.263 e. The van der Waals surface area contributed by atoms with E-state index in [1.165, 1.54) is 24.2 Å². The highest BCUT2D eigenvalue weighted by Gasteiger charge is 2.24. The fourth-order valence-electron chi connectivity index (χ4n) is 2.49. The zero-order valence-corrected chi connectivity index (χ0v) is 11.5. The minimum absolute atomic E-state index is 0.105. The predicted molar refractivity (Wildman–Crippen MR) is 71.8 cm³/mol. The third-order valence-electron chi connectivity index (χ3n) is 3.60. The summed E-state index contributed by atoms with van der Waals surface area (Å²) < 4.78 is 0. The van der Waals surface area contributed by atoms with Crippen LogP contribution in [0.4, 0.5) is 0 Å².